The summed E-state index contributed by atoms with van der Waals surface area (Å²) in [6, 6.07) is 13.7. The van der Waals surface area contributed by atoms with Crippen molar-refractivity contribution >= 4 is 0 Å². The molecule has 0 saturated heterocycles. The summed E-state index contributed by atoms with van der Waals surface area (Å²) in [4.78, 5) is 4.74. The first-order valence-corrected chi connectivity index (χ1v) is 13.8. The molecule has 1 nitrogen and oxygen atoms in total. The van der Waals surface area contributed by atoms with E-state index in [0.29, 0.717) is 0 Å². The molecule has 3 rings (SSSR count). The zero-order chi connectivity index (χ0) is 22.4. The van der Waals surface area contributed by atoms with Gasteiger partial charge in [-0.3, -0.25) is 4.98 Å². The molecule has 32 heavy (non-hydrogen) atoms. The smallest absolute Gasteiger partial charge is 0.0702 e. The monoisotopic (exact) mass is 433 g/mol. The summed E-state index contributed by atoms with van der Waals surface area (Å²) in [5.74, 6) is 1.98. The fraction of sp³-hybridized carbons (Fsp3) is 0.645. The highest BCUT2D eigenvalue weighted by atomic mass is 14.7. The van der Waals surface area contributed by atoms with Crippen LogP contribution in [0.25, 0.3) is 11.3 Å². The first-order valence-electron chi connectivity index (χ1n) is 13.8. The molecule has 1 heteroatoms. The van der Waals surface area contributed by atoms with Crippen molar-refractivity contribution in [2.45, 2.75) is 117 Å². The average molecular weight is 434 g/mol. The number of pyridine rings is 1. The Morgan fingerprint density at radius 2 is 1.25 bits per heavy atom. The number of aromatic nitrogens is 1. The molecular weight excluding hydrogens is 386 g/mol. The molecule has 1 aromatic heterocycles. The fourth-order valence-corrected chi connectivity index (χ4v) is 5.38. The van der Waals surface area contributed by atoms with Gasteiger partial charge in [-0.2, -0.15) is 0 Å². The lowest BCUT2D eigenvalue weighted by Crippen LogP contribution is -2.15. The van der Waals surface area contributed by atoms with E-state index in [2.05, 4.69) is 56.4 Å². The van der Waals surface area contributed by atoms with Crippen LogP contribution in [0.5, 0.6) is 0 Å². The van der Waals surface area contributed by atoms with Gasteiger partial charge in [0.05, 0.1) is 5.69 Å². The summed E-state index contributed by atoms with van der Waals surface area (Å²) in [5, 5.41) is 0. The molecule has 0 aliphatic heterocycles. The molecule has 176 valence electrons. The van der Waals surface area contributed by atoms with Crippen LogP contribution in [0.3, 0.4) is 0 Å². The molecule has 0 atom stereocenters. The number of rotatable bonds is 14. The Kier molecular flexibility index (Phi) is 11.3. The highest BCUT2D eigenvalue weighted by Gasteiger charge is 2.20. The molecule has 1 aromatic carbocycles. The van der Waals surface area contributed by atoms with E-state index in [-0.39, 0.29) is 0 Å². The average Bonchev–Trinajstić information content (AvgIpc) is 2.85. The maximum atomic E-state index is 4.74. The van der Waals surface area contributed by atoms with Crippen molar-refractivity contribution in [2.24, 2.45) is 11.8 Å². The van der Waals surface area contributed by atoms with Crippen LogP contribution in [0.4, 0.5) is 0 Å². The minimum Gasteiger partial charge on any atom is -0.256 e. The Morgan fingerprint density at radius 3 is 1.88 bits per heavy atom. The molecule has 2 aromatic rings. The molecule has 0 bridgehead atoms. The van der Waals surface area contributed by atoms with E-state index in [1.165, 1.54) is 113 Å². The highest BCUT2D eigenvalue weighted by molar-refractivity contribution is 5.59. The second-order valence-corrected chi connectivity index (χ2v) is 10.3. The van der Waals surface area contributed by atoms with Gasteiger partial charge in [0.1, 0.15) is 0 Å². The lowest BCUT2D eigenvalue weighted by Gasteiger charge is -2.28. The van der Waals surface area contributed by atoms with Gasteiger partial charge >= 0.3 is 0 Å². The third kappa shape index (κ3) is 8.72. The predicted molar refractivity (Wildman–Crippen MR) is 140 cm³/mol. The Balaban J connectivity index is 1.37. The number of hydrogen-bond donors (Lipinski definition) is 0. The molecular formula is C31H47N. The van der Waals surface area contributed by atoms with Crippen molar-refractivity contribution < 1.29 is 0 Å². The second-order valence-electron chi connectivity index (χ2n) is 10.3. The van der Waals surface area contributed by atoms with Crippen LogP contribution in [0.2, 0.25) is 0 Å². The van der Waals surface area contributed by atoms with E-state index in [4.69, 9.17) is 4.98 Å². The van der Waals surface area contributed by atoms with Gasteiger partial charge in [-0.1, -0.05) is 121 Å². The Morgan fingerprint density at radius 1 is 0.625 bits per heavy atom. The predicted octanol–water partition coefficient (Wildman–Crippen LogP) is 9.58. The van der Waals surface area contributed by atoms with E-state index in [0.717, 1.165) is 24.0 Å². The van der Waals surface area contributed by atoms with E-state index < -0.39 is 0 Å². The van der Waals surface area contributed by atoms with Gasteiger partial charge in [0.2, 0.25) is 0 Å². The third-order valence-corrected chi connectivity index (χ3v) is 7.67. The molecule has 1 aliphatic rings. The number of nitrogens with zero attached hydrogens (tertiary/aromatic N) is 1. The SMILES string of the molecule is CCCCCCc1ccc(-c2ccc(CCC3CCC(CCCCCC)CC3)cc2)nc1. The van der Waals surface area contributed by atoms with E-state index in [9.17, 15) is 0 Å². The van der Waals surface area contributed by atoms with Crippen LogP contribution in [0.1, 0.15) is 115 Å². The van der Waals surface area contributed by atoms with Crippen molar-refractivity contribution in [2.75, 3.05) is 0 Å². The van der Waals surface area contributed by atoms with Crippen molar-refractivity contribution in [3.8, 4) is 11.3 Å². The summed E-state index contributed by atoms with van der Waals surface area (Å²) in [6.07, 6.45) is 24.2. The van der Waals surface area contributed by atoms with Crippen LogP contribution in [0, 0.1) is 11.8 Å². The van der Waals surface area contributed by atoms with Crippen molar-refractivity contribution in [3.05, 3.63) is 53.7 Å². The minimum absolute atomic E-state index is 0.952. The van der Waals surface area contributed by atoms with Crippen molar-refractivity contribution in [1.82, 2.24) is 4.98 Å². The molecule has 1 fully saturated rings. The standard InChI is InChI=1S/C31H47N/c1-3-5-7-9-11-26-13-15-27(16-14-26)17-18-28-19-22-30(23-20-28)31-24-21-29(25-32-31)12-10-8-6-4-2/h19-27H,3-18H2,1-2H3. The van der Waals surface area contributed by atoms with E-state index >= 15 is 0 Å². The topological polar surface area (TPSA) is 12.9 Å². The summed E-state index contributed by atoms with van der Waals surface area (Å²) >= 11 is 0. The minimum atomic E-state index is 0.952. The van der Waals surface area contributed by atoms with Gasteiger partial charge in [-0.05, 0) is 54.7 Å². The van der Waals surface area contributed by atoms with Gasteiger partial charge in [0, 0.05) is 11.8 Å². The Bertz CT molecular complexity index is 722. The van der Waals surface area contributed by atoms with Crippen LogP contribution in [0.15, 0.2) is 42.6 Å². The third-order valence-electron chi connectivity index (χ3n) is 7.67. The molecule has 0 N–H and O–H groups in total. The zero-order valence-electron chi connectivity index (χ0n) is 21.0. The first kappa shape index (κ1) is 25.0. The zero-order valence-corrected chi connectivity index (χ0v) is 21.0. The molecule has 0 spiro atoms. The molecule has 1 aliphatic carbocycles. The van der Waals surface area contributed by atoms with Gasteiger partial charge in [0.25, 0.3) is 0 Å². The van der Waals surface area contributed by atoms with Gasteiger partial charge in [-0.15, -0.1) is 0 Å². The maximum Gasteiger partial charge on any atom is 0.0702 e. The summed E-state index contributed by atoms with van der Waals surface area (Å²) in [5.41, 5.74) is 5.21. The van der Waals surface area contributed by atoms with E-state index in [1.54, 1.807) is 0 Å². The van der Waals surface area contributed by atoms with Crippen LogP contribution in [-0.4, -0.2) is 4.98 Å². The van der Waals surface area contributed by atoms with Crippen molar-refractivity contribution in [3.63, 3.8) is 0 Å². The second kappa shape index (κ2) is 14.5. The normalized spacial score (nSPS) is 18.7. The van der Waals surface area contributed by atoms with Crippen LogP contribution < -0.4 is 0 Å². The Labute approximate surface area is 198 Å². The van der Waals surface area contributed by atoms with Gasteiger partial charge in [-0.25, -0.2) is 0 Å². The molecule has 1 saturated carbocycles. The molecule has 0 unspecified atom stereocenters. The van der Waals surface area contributed by atoms with Crippen LogP contribution >= 0.6 is 0 Å². The van der Waals surface area contributed by atoms with E-state index in [1.807, 2.05) is 0 Å². The lowest BCUT2D eigenvalue weighted by molar-refractivity contribution is 0.249. The maximum absolute atomic E-state index is 4.74. The fourth-order valence-electron chi connectivity index (χ4n) is 5.38. The number of aryl methyl sites for hydroxylation is 2. The number of benzene rings is 1. The number of hydrogen-bond acceptors (Lipinski definition) is 1. The molecule has 0 amide bonds. The lowest BCUT2D eigenvalue weighted by atomic mass is 9.77. The largest absolute Gasteiger partial charge is 0.256 e. The Hall–Kier alpha value is -1.63. The summed E-state index contributed by atoms with van der Waals surface area (Å²) < 4.78 is 0. The van der Waals surface area contributed by atoms with Crippen LogP contribution in [-0.2, 0) is 12.8 Å². The quantitative estimate of drug-likeness (QED) is 0.270. The summed E-state index contributed by atoms with van der Waals surface area (Å²) in [6.45, 7) is 4.58. The highest BCUT2D eigenvalue weighted by Crippen LogP contribution is 2.34. The number of unbranched alkanes of at least 4 members (excludes halogenated alkanes) is 6. The molecule has 0 radical (unpaired) electrons. The first-order chi connectivity index (χ1) is 15.8. The van der Waals surface area contributed by atoms with Crippen molar-refractivity contribution in [1.29, 1.82) is 0 Å². The molecule has 1 heterocycles. The van der Waals surface area contributed by atoms with Gasteiger partial charge < -0.3 is 0 Å². The van der Waals surface area contributed by atoms with Gasteiger partial charge in [0.15, 0.2) is 0 Å². The summed E-state index contributed by atoms with van der Waals surface area (Å²) in [7, 11) is 0.